The molecule has 0 aromatic carbocycles. The van der Waals surface area contributed by atoms with Gasteiger partial charge in [0.15, 0.2) is 12.2 Å². The van der Waals surface area contributed by atoms with E-state index >= 15 is 0 Å². The van der Waals surface area contributed by atoms with Gasteiger partial charge in [-0.3, -0.25) is 37.3 Å². The van der Waals surface area contributed by atoms with E-state index in [4.69, 9.17) is 37.0 Å². The van der Waals surface area contributed by atoms with Crippen LogP contribution in [0.2, 0.25) is 0 Å². The Balaban J connectivity index is 5.44. The molecule has 0 rings (SSSR count). The summed E-state index contributed by atoms with van der Waals surface area (Å²) in [5.41, 5.74) is 0. The number of carbonyl (C=O) groups is 4. The average molecular weight is 1500 g/mol. The zero-order valence-corrected chi connectivity index (χ0v) is 66.9. The number of allylic oxidation sites excluding steroid dienone is 22. The van der Waals surface area contributed by atoms with Crippen LogP contribution in [0.5, 0.6) is 0 Å². The molecule has 104 heavy (non-hydrogen) atoms. The predicted octanol–water partition coefficient (Wildman–Crippen LogP) is 23.7. The molecule has 5 atom stereocenters. The molecular formula is C85H144O17P2. The summed E-state index contributed by atoms with van der Waals surface area (Å²) in [6, 6.07) is 0. The van der Waals surface area contributed by atoms with Crippen molar-refractivity contribution >= 4 is 39.5 Å². The number of ether oxygens (including phenoxy) is 4. The maximum atomic E-state index is 13.1. The number of phosphoric ester groups is 2. The highest BCUT2D eigenvalue weighted by Crippen LogP contribution is 2.45. The van der Waals surface area contributed by atoms with E-state index in [1.165, 1.54) is 77.0 Å². The molecule has 0 saturated heterocycles. The third-order valence-corrected chi connectivity index (χ3v) is 18.5. The van der Waals surface area contributed by atoms with Crippen molar-refractivity contribution in [1.29, 1.82) is 0 Å². The molecule has 19 heteroatoms. The molecule has 17 nitrogen and oxygen atoms in total. The minimum Gasteiger partial charge on any atom is -0.462 e. The minimum absolute atomic E-state index is 0.0312. The van der Waals surface area contributed by atoms with Gasteiger partial charge in [0.2, 0.25) is 0 Å². The Hall–Kier alpha value is -4.80. The third-order valence-electron chi connectivity index (χ3n) is 16.6. The summed E-state index contributed by atoms with van der Waals surface area (Å²) in [5.74, 6) is -2.27. The van der Waals surface area contributed by atoms with Crippen molar-refractivity contribution in [3.63, 3.8) is 0 Å². The maximum Gasteiger partial charge on any atom is 0.472 e. The summed E-state index contributed by atoms with van der Waals surface area (Å²) in [5, 5.41) is 10.6. The van der Waals surface area contributed by atoms with E-state index in [1.807, 2.05) is 0 Å². The zero-order valence-electron chi connectivity index (χ0n) is 65.2. The first-order valence-electron chi connectivity index (χ1n) is 40.4. The highest BCUT2D eigenvalue weighted by Gasteiger charge is 2.30. The highest BCUT2D eigenvalue weighted by molar-refractivity contribution is 7.47. The Labute approximate surface area is 631 Å². The second-order valence-corrected chi connectivity index (χ2v) is 29.5. The quantitative estimate of drug-likeness (QED) is 0.0169. The number of hydrogen-bond acceptors (Lipinski definition) is 15. The van der Waals surface area contributed by atoms with Crippen molar-refractivity contribution < 1.29 is 80.2 Å². The summed E-state index contributed by atoms with van der Waals surface area (Å²) in [7, 11) is -9.99. The molecule has 0 fully saturated rings. The lowest BCUT2D eigenvalue weighted by Gasteiger charge is -2.21. The van der Waals surface area contributed by atoms with Crippen LogP contribution in [0.4, 0.5) is 0 Å². The Bertz CT molecular complexity index is 2490. The number of esters is 4. The van der Waals surface area contributed by atoms with Gasteiger partial charge in [-0.2, -0.15) is 0 Å². The lowest BCUT2D eigenvalue weighted by atomic mass is 10.1. The van der Waals surface area contributed by atoms with Gasteiger partial charge in [0.05, 0.1) is 26.4 Å². The molecule has 0 bridgehead atoms. The molecule has 3 N–H and O–H groups in total. The van der Waals surface area contributed by atoms with Crippen molar-refractivity contribution in [3.05, 3.63) is 134 Å². The molecule has 0 amide bonds. The first-order valence-corrected chi connectivity index (χ1v) is 43.4. The van der Waals surface area contributed by atoms with Gasteiger partial charge in [-0.05, 0) is 161 Å². The van der Waals surface area contributed by atoms with E-state index in [0.717, 1.165) is 161 Å². The lowest BCUT2D eigenvalue weighted by Crippen LogP contribution is -2.30. The van der Waals surface area contributed by atoms with Gasteiger partial charge in [-0.15, -0.1) is 0 Å². The smallest absolute Gasteiger partial charge is 0.462 e. The van der Waals surface area contributed by atoms with Gasteiger partial charge in [-0.25, -0.2) is 9.13 Å². The average Bonchev–Trinajstić information content (AvgIpc) is 0.918. The normalized spacial score (nSPS) is 14.6. The van der Waals surface area contributed by atoms with Crippen LogP contribution >= 0.6 is 15.6 Å². The number of unbranched alkanes of at least 4 members (excludes halogenated alkanes) is 27. The first-order chi connectivity index (χ1) is 50.7. The van der Waals surface area contributed by atoms with E-state index in [0.29, 0.717) is 32.1 Å². The summed E-state index contributed by atoms with van der Waals surface area (Å²) in [6.07, 6.45) is 85.8. The maximum absolute atomic E-state index is 13.1. The largest absolute Gasteiger partial charge is 0.472 e. The summed E-state index contributed by atoms with van der Waals surface area (Å²) in [6.45, 7) is 4.55. The molecule has 0 aromatic rings. The SMILES string of the molecule is CC/C=C\C/C=C\C/C=C\C/C=C\C/C=C\CCCCCC(=O)OCC(COP(=O)(O)OCC(O)COP(=O)(O)OCC(COC(=O)CCCCCCC/C=C\CCCCCCCC)OC(=O)CCCCCCC/C=C\CCCCCCCC)OC(=O)CCCC/C=C\C/C=C\C/C=C\C/C=C\CC. The molecule has 0 aliphatic heterocycles. The second kappa shape index (κ2) is 76.4. The van der Waals surface area contributed by atoms with Crippen molar-refractivity contribution in [3.8, 4) is 0 Å². The van der Waals surface area contributed by atoms with Crippen LogP contribution in [0.3, 0.4) is 0 Å². The van der Waals surface area contributed by atoms with E-state index in [1.54, 1.807) is 0 Å². The van der Waals surface area contributed by atoms with Crippen molar-refractivity contribution in [1.82, 2.24) is 0 Å². The van der Waals surface area contributed by atoms with E-state index < -0.39 is 97.5 Å². The standard InChI is InChI=1S/C85H144O17P2/c1-5-9-13-17-21-25-29-33-37-38-39-40-44-46-50-54-58-62-66-70-83(88)96-76-81(102-85(90)72-68-64-60-56-52-48-43-36-32-28-24-20-16-12-8-4)78-100-104(93,94)98-74-79(86)73-97-103(91,92)99-77-80(101-84(89)71-67-63-59-55-51-47-42-35-31-27-23-19-15-11-7-3)75-95-82(87)69-65-61-57-53-49-45-41-34-30-26-22-18-14-10-6-2/h9,12-13,16,21,24-25,28,33-37,39-43,46,50,52,56,79-81,86H,5-8,10-11,14-15,17-20,22-23,26-27,29-32,38,44-45,47-49,51,53-55,57-78H2,1-4H3,(H,91,92)(H,93,94)/b13-9-,16-12-,25-21-,28-24-,37-33-,40-39-,41-34-,42-35-,43-36-,50-46-,56-52-. The number of carbonyl (C=O) groups excluding carboxylic acids is 4. The van der Waals surface area contributed by atoms with Crippen molar-refractivity contribution in [2.75, 3.05) is 39.6 Å². The highest BCUT2D eigenvalue weighted by atomic mass is 31.2. The van der Waals surface area contributed by atoms with Crippen LogP contribution in [-0.2, 0) is 65.4 Å². The monoisotopic (exact) mass is 1500 g/mol. The van der Waals surface area contributed by atoms with Crippen LogP contribution in [-0.4, -0.2) is 96.7 Å². The molecular weight excluding hydrogens is 1350 g/mol. The molecule has 0 heterocycles. The lowest BCUT2D eigenvalue weighted by molar-refractivity contribution is -0.161. The van der Waals surface area contributed by atoms with Crippen molar-refractivity contribution in [2.45, 2.75) is 341 Å². The molecule has 0 aromatic heterocycles. The molecule has 0 aliphatic carbocycles. The van der Waals surface area contributed by atoms with Gasteiger partial charge in [-0.1, -0.05) is 271 Å². The van der Waals surface area contributed by atoms with E-state index in [-0.39, 0.29) is 25.7 Å². The fourth-order valence-electron chi connectivity index (χ4n) is 10.5. The van der Waals surface area contributed by atoms with Crippen LogP contribution in [0.15, 0.2) is 134 Å². The molecule has 0 aliphatic rings. The van der Waals surface area contributed by atoms with Crippen molar-refractivity contribution in [2.24, 2.45) is 0 Å². The Morgan fingerprint density at radius 3 is 0.808 bits per heavy atom. The van der Waals surface area contributed by atoms with Crippen LogP contribution in [0, 0.1) is 0 Å². The van der Waals surface area contributed by atoms with Crippen LogP contribution in [0.25, 0.3) is 0 Å². The fraction of sp³-hybridized carbons (Fsp3) is 0.694. The Morgan fingerprint density at radius 1 is 0.279 bits per heavy atom. The fourth-order valence-corrected chi connectivity index (χ4v) is 12.0. The van der Waals surface area contributed by atoms with Gasteiger partial charge in [0.1, 0.15) is 19.3 Å². The molecule has 596 valence electrons. The molecule has 0 radical (unpaired) electrons. The second-order valence-electron chi connectivity index (χ2n) is 26.6. The van der Waals surface area contributed by atoms with E-state index in [2.05, 4.69) is 161 Å². The number of aliphatic hydroxyl groups excluding tert-OH is 1. The summed E-state index contributed by atoms with van der Waals surface area (Å²) < 4.78 is 68.6. The van der Waals surface area contributed by atoms with Gasteiger partial charge >= 0.3 is 39.5 Å². The van der Waals surface area contributed by atoms with Gasteiger partial charge in [0.25, 0.3) is 0 Å². The molecule has 0 spiro atoms. The number of phosphoric acid groups is 2. The zero-order chi connectivity index (χ0) is 76.0. The topological polar surface area (TPSA) is 237 Å². The third kappa shape index (κ3) is 75.4. The Kier molecular flexibility index (Phi) is 72.9. The Morgan fingerprint density at radius 2 is 0.500 bits per heavy atom. The van der Waals surface area contributed by atoms with Gasteiger partial charge in [0, 0.05) is 25.7 Å². The summed E-state index contributed by atoms with van der Waals surface area (Å²) in [4.78, 5) is 73.0. The minimum atomic E-state index is -5.00. The molecule has 0 saturated carbocycles. The number of rotatable bonds is 75. The first kappa shape index (κ1) is 99.2. The van der Waals surface area contributed by atoms with Crippen LogP contribution < -0.4 is 0 Å². The number of aliphatic hydroxyl groups is 1. The summed E-state index contributed by atoms with van der Waals surface area (Å²) >= 11 is 0. The van der Waals surface area contributed by atoms with E-state index in [9.17, 15) is 43.2 Å². The number of hydrogen-bond donors (Lipinski definition) is 3. The van der Waals surface area contributed by atoms with Crippen LogP contribution in [0.1, 0.15) is 323 Å². The van der Waals surface area contributed by atoms with Gasteiger partial charge < -0.3 is 33.8 Å². The molecule has 5 unspecified atom stereocenters. The predicted molar refractivity (Wildman–Crippen MR) is 427 cm³/mol.